The van der Waals surface area contributed by atoms with E-state index in [1.165, 1.54) is 16.0 Å². The summed E-state index contributed by atoms with van der Waals surface area (Å²) >= 11 is 5.29. The number of rotatable bonds is 4. The molecule has 2 rings (SSSR count). The molecule has 3 heteroatoms. The molecule has 1 N–H and O–H groups in total. The van der Waals surface area contributed by atoms with E-state index in [0.717, 1.165) is 11.0 Å². The third kappa shape index (κ3) is 2.97. The van der Waals surface area contributed by atoms with Gasteiger partial charge in [0.25, 0.3) is 0 Å². The molecule has 0 saturated carbocycles. The normalized spacial score (nSPS) is 12.6. The Morgan fingerprint density at radius 3 is 2.47 bits per heavy atom. The van der Waals surface area contributed by atoms with Crippen LogP contribution < -0.4 is 5.32 Å². The van der Waals surface area contributed by atoms with E-state index >= 15 is 0 Å². The maximum Gasteiger partial charge on any atom is 0.0587 e. The van der Waals surface area contributed by atoms with Gasteiger partial charge in [-0.1, -0.05) is 35.0 Å². The van der Waals surface area contributed by atoms with E-state index in [9.17, 15) is 0 Å². The summed E-state index contributed by atoms with van der Waals surface area (Å²) in [7, 11) is 0. The first-order chi connectivity index (χ1) is 8.22. The third-order valence-corrected chi connectivity index (χ3v) is 4.21. The highest BCUT2D eigenvalue weighted by atomic mass is 79.9. The first kappa shape index (κ1) is 12.8. The molecule has 90 valence electrons. The molecule has 0 aliphatic rings. The van der Waals surface area contributed by atoms with E-state index in [1.807, 2.05) is 11.3 Å². The van der Waals surface area contributed by atoms with Gasteiger partial charge >= 0.3 is 0 Å². The van der Waals surface area contributed by atoms with Crippen molar-refractivity contribution in [3.63, 3.8) is 0 Å². The molecule has 1 atom stereocenters. The third-order valence-electron chi connectivity index (χ3n) is 2.82. The minimum Gasteiger partial charge on any atom is -0.306 e. The molecule has 1 heterocycles. The van der Waals surface area contributed by atoms with Gasteiger partial charge in [0.15, 0.2) is 0 Å². The topological polar surface area (TPSA) is 12.0 Å². The van der Waals surface area contributed by atoms with Crippen molar-refractivity contribution in [1.82, 2.24) is 5.32 Å². The minimum atomic E-state index is 0.305. The van der Waals surface area contributed by atoms with Crippen molar-refractivity contribution in [2.24, 2.45) is 0 Å². The molecule has 0 spiro atoms. The van der Waals surface area contributed by atoms with Gasteiger partial charge in [-0.25, -0.2) is 0 Å². The van der Waals surface area contributed by atoms with Gasteiger partial charge in [-0.3, -0.25) is 0 Å². The van der Waals surface area contributed by atoms with Crippen molar-refractivity contribution < 1.29 is 0 Å². The molecule has 0 bridgehead atoms. The molecule has 0 aliphatic carbocycles. The maximum atomic E-state index is 3.55. The number of hydrogen-bond acceptors (Lipinski definition) is 2. The van der Waals surface area contributed by atoms with Gasteiger partial charge in [-0.15, -0.1) is 11.3 Å². The van der Waals surface area contributed by atoms with E-state index in [4.69, 9.17) is 0 Å². The molecule has 1 nitrogen and oxygen atoms in total. The highest BCUT2D eigenvalue weighted by Gasteiger charge is 2.15. The zero-order chi connectivity index (χ0) is 12.3. The lowest BCUT2D eigenvalue weighted by Gasteiger charge is -2.18. The Bertz CT molecular complexity index is 475. The summed E-state index contributed by atoms with van der Waals surface area (Å²) in [4.78, 5) is 1.39. The van der Waals surface area contributed by atoms with Crippen molar-refractivity contribution in [1.29, 1.82) is 0 Å². The van der Waals surface area contributed by atoms with Gasteiger partial charge < -0.3 is 5.32 Å². The Kier molecular flexibility index (Phi) is 4.37. The Morgan fingerprint density at radius 2 is 1.94 bits per heavy atom. The molecule has 0 aliphatic heterocycles. The van der Waals surface area contributed by atoms with E-state index in [-0.39, 0.29) is 0 Å². The Labute approximate surface area is 115 Å². The molecule has 1 aromatic carbocycles. The Morgan fingerprint density at radius 1 is 1.24 bits per heavy atom. The van der Waals surface area contributed by atoms with Crippen LogP contribution in [0.15, 0.2) is 40.2 Å². The second-order valence-electron chi connectivity index (χ2n) is 3.97. The SMILES string of the molecule is CCNC(c1ccc(Br)cc1)c1ccsc1C. The summed E-state index contributed by atoms with van der Waals surface area (Å²) in [6.07, 6.45) is 0. The highest BCUT2D eigenvalue weighted by molar-refractivity contribution is 9.10. The largest absolute Gasteiger partial charge is 0.306 e. The van der Waals surface area contributed by atoms with E-state index in [1.54, 1.807) is 0 Å². The Hall–Kier alpha value is -0.640. The molecular formula is C14H16BrNS. The summed E-state index contributed by atoms with van der Waals surface area (Å²) in [5.41, 5.74) is 2.70. The predicted octanol–water partition coefficient (Wildman–Crippen LogP) is 4.52. The lowest BCUT2D eigenvalue weighted by atomic mass is 9.99. The fourth-order valence-corrected chi connectivity index (χ4v) is 2.97. The van der Waals surface area contributed by atoms with Crippen LogP contribution in [0.2, 0.25) is 0 Å². The van der Waals surface area contributed by atoms with Crippen LogP contribution >= 0.6 is 27.3 Å². The quantitative estimate of drug-likeness (QED) is 0.875. The van der Waals surface area contributed by atoms with Crippen molar-refractivity contribution >= 4 is 27.3 Å². The number of nitrogens with one attached hydrogen (secondary N) is 1. The van der Waals surface area contributed by atoms with Crippen LogP contribution in [-0.4, -0.2) is 6.54 Å². The van der Waals surface area contributed by atoms with Crippen LogP contribution in [-0.2, 0) is 0 Å². The van der Waals surface area contributed by atoms with Gasteiger partial charge in [0, 0.05) is 9.35 Å². The van der Waals surface area contributed by atoms with Crippen LogP contribution in [0.1, 0.15) is 29.0 Å². The lowest BCUT2D eigenvalue weighted by Crippen LogP contribution is -2.22. The minimum absolute atomic E-state index is 0.305. The first-order valence-corrected chi connectivity index (χ1v) is 7.42. The number of aryl methyl sites for hydroxylation is 1. The molecule has 0 saturated heterocycles. The summed E-state index contributed by atoms with van der Waals surface area (Å²) in [5.74, 6) is 0. The summed E-state index contributed by atoms with van der Waals surface area (Å²) in [5, 5.41) is 5.71. The number of hydrogen-bond donors (Lipinski definition) is 1. The molecule has 0 fully saturated rings. The molecule has 1 unspecified atom stereocenters. The number of halogens is 1. The second kappa shape index (κ2) is 5.80. The van der Waals surface area contributed by atoms with Gasteiger partial charge in [0.05, 0.1) is 6.04 Å². The van der Waals surface area contributed by atoms with Gasteiger partial charge in [-0.05, 0) is 48.2 Å². The number of benzene rings is 1. The molecular weight excluding hydrogens is 294 g/mol. The van der Waals surface area contributed by atoms with E-state index in [2.05, 4.69) is 70.8 Å². The standard InChI is InChI=1S/C14H16BrNS/c1-3-16-14(13-8-9-17-10(13)2)11-4-6-12(15)7-5-11/h4-9,14,16H,3H2,1-2H3. The zero-order valence-electron chi connectivity index (χ0n) is 10.0. The van der Waals surface area contributed by atoms with Crippen molar-refractivity contribution in [2.75, 3.05) is 6.54 Å². The van der Waals surface area contributed by atoms with Crippen LogP contribution in [0.3, 0.4) is 0 Å². The first-order valence-electron chi connectivity index (χ1n) is 5.75. The average Bonchev–Trinajstić information content (AvgIpc) is 2.74. The summed E-state index contributed by atoms with van der Waals surface area (Å²) < 4.78 is 1.12. The van der Waals surface area contributed by atoms with Crippen LogP contribution in [0.5, 0.6) is 0 Å². The monoisotopic (exact) mass is 309 g/mol. The van der Waals surface area contributed by atoms with Gasteiger partial charge in [0.2, 0.25) is 0 Å². The lowest BCUT2D eigenvalue weighted by molar-refractivity contribution is 0.630. The molecule has 17 heavy (non-hydrogen) atoms. The van der Waals surface area contributed by atoms with E-state index < -0.39 is 0 Å². The van der Waals surface area contributed by atoms with Gasteiger partial charge in [0.1, 0.15) is 0 Å². The summed E-state index contributed by atoms with van der Waals surface area (Å²) in [6, 6.07) is 11.1. The average molecular weight is 310 g/mol. The predicted molar refractivity (Wildman–Crippen MR) is 78.7 cm³/mol. The van der Waals surface area contributed by atoms with Crippen LogP contribution in [0.25, 0.3) is 0 Å². The fraction of sp³-hybridized carbons (Fsp3) is 0.286. The maximum absolute atomic E-state index is 3.55. The summed E-state index contributed by atoms with van der Waals surface area (Å²) in [6.45, 7) is 5.30. The van der Waals surface area contributed by atoms with E-state index in [0.29, 0.717) is 6.04 Å². The van der Waals surface area contributed by atoms with Crippen molar-refractivity contribution in [3.05, 3.63) is 56.2 Å². The smallest absolute Gasteiger partial charge is 0.0587 e. The molecule has 0 radical (unpaired) electrons. The highest BCUT2D eigenvalue weighted by Crippen LogP contribution is 2.28. The Balaban J connectivity index is 2.35. The van der Waals surface area contributed by atoms with Crippen LogP contribution in [0.4, 0.5) is 0 Å². The van der Waals surface area contributed by atoms with Crippen molar-refractivity contribution in [2.45, 2.75) is 19.9 Å². The van der Waals surface area contributed by atoms with Crippen molar-refractivity contribution in [3.8, 4) is 0 Å². The number of thiophene rings is 1. The van der Waals surface area contributed by atoms with Gasteiger partial charge in [-0.2, -0.15) is 0 Å². The molecule has 0 amide bonds. The van der Waals surface area contributed by atoms with Crippen LogP contribution in [0, 0.1) is 6.92 Å². The fourth-order valence-electron chi connectivity index (χ4n) is 1.96. The molecule has 2 aromatic rings. The second-order valence-corrected chi connectivity index (χ2v) is 6.01. The molecule has 1 aromatic heterocycles. The zero-order valence-corrected chi connectivity index (χ0v) is 12.4.